The van der Waals surface area contributed by atoms with Crippen LogP contribution < -0.4 is 5.32 Å². The van der Waals surface area contributed by atoms with Gasteiger partial charge in [-0.25, -0.2) is 4.39 Å². The van der Waals surface area contributed by atoms with Crippen LogP contribution in [0.2, 0.25) is 0 Å². The Morgan fingerprint density at radius 1 is 1.35 bits per heavy atom. The maximum Gasteiger partial charge on any atom is 0.109 e. The molecule has 2 aromatic rings. The average Bonchev–Trinajstić information content (AvgIpc) is 2.90. The molecule has 0 aliphatic carbocycles. The van der Waals surface area contributed by atoms with Crippen molar-refractivity contribution in [2.24, 2.45) is 7.05 Å². The molecule has 0 aromatic carbocycles. The van der Waals surface area contributed by atoms with Gasteiger partial charge in [0.2, 0.25) is 0 Å². The average molecular weight is 237 g/mol. The van der Waals surface area contributed by atoms with Crippen LogP contribution >= 0.6 is 0 Å². The fourth-order valence-electron chi connectivity index (χ4n) is 1.69. The minimum absolute atomic E-state index is 0.316. The lowest BCUT2D eigenvalue weighted by Gasteiger charge is -2.06. The topological polar surface area (TPSA) is 47.7 Å². The van der Waals surface area contributed by atoms with Gasteiger partial charge in [0.25, 0.3) is 0 Å². The molecule has 0 unspecified atom stereocenters. The first-order valence-corrected chi connectivity index (χ1v) is 5.54. The SMILES string of the molecule is Cn1cc(CNCc2ccnn2CCF)cn1. The van der Waals surface area contributed by atoms with E-state index in [-0.39, 0.29) is 0 Å². The van der Waals surface area contributed by atoms with Crippen molar-refractivity contribution in [1.82, 2.24) is 24.9 Å². The first-order chi connectivity index (χ1) is 8.29. The van der Waals surface area contributed by atoms with Crippen LogP contribution in [0, 0.1) is 0 Å². The fraction of sp³-hybridized carbons (Fsp3) is 0.455. The van der Waals surface area contributed by atoms with Crippen molar-refractivity contribution in [3.63, 3.8) is 0 Å². The molecule has 0 aliphatic heterocycles. The summed E-state index contributed by atoms with van der Waals surface area (Å²) in [7, 11) is 1.89. The van der Waals surface area contributed by atoms with Gasteiger partial charge in [0.1, 0.15) is 6.67 Å². The Kier molecular flexibility index (Phi) is 3.87. The number of aromatic nitrogens is 4. The van der Waals surface area contributed by atoms with Crippen LogP contribution in [0.4, 0.5) is 4.39 Å². The van der Waals surface area contributed by atoms with E-state index in [0.29, 0.717) is 13.1 Å². The number of alkyl halides is 1. The van der Waals surface area contributed by atoms with Gasteiger partial charge in [0, 0.05) is 38.1 Å². The van der Waals surface area contributed by atoms with Gasteiger partial charge in [-0.1, -0.05) is 0 Å². The van der Waals surface area contributed by atoms with Gasteiger partial charge >= 0.3 is 0 Å². The van der Waals surface area contributed by atoms with E-state index in [1.54, 1.807) is 15.6 Å². The molecule has 0 saturated heterocycles. The predicted molar refractivity (Wildman–Crippen MR) is 62.0 cm³/mol. The van der Waals surface area contributed by atoms with Gasteiger partial charge in [-0.15, -0.1) is 0 Å². The van der Waals surface area contributed by atoms with E-state index in [4.69, 9.17) is 0 Å². The van der Waals surface area contributed by atoms with E-state index in [9.17, 15) is 4.39 Å². The third-order valence-electron chi connectivity index (χ3n) is 2.49. The number of rotatable bonds is 6. The van der Waals surface area contributed by atoms with Crippen LogP contribution in [0.1, 0.15) is 11.3 Å². The second kappa shape index (κ2) is 5.58. The number of hydrogen-bond donors (Lipinski definition) is 1. The first kappa shape index (κ1) is 11.8. The molecule has 0 bridgehead atoms. The number of nitrogens with one attached hydrogen (secondary N) is 1. The van der Waals surface area contributed by atoms with Crippen molar-refractivity contribution in [2.45, 2.75) is 19.6 Å². The maximum atomic E-state index is 12.2. The lowest BCUT2D eigenvalue weighted by molar-refractivity contribution is 0.417. The van der Waals surface area contributed by atoms with E-state index < -0.39 is 6.67 Å². The van der Waals surface area contributed by atoms with Gasteiger partial charge in [-0.2, -0.15) is 10.2 Å². The molecule has 0 aliphatic rings. The highest BCUT2D eigenvalue weighted by molar-refractivity contribution is 5.04. The van der Waals surface area contributed by atoms with Gasteiger partial charge in [0.15, 0.2) is 0 Å². The molecule has 0 spiro atoms. The van der Waals surface area contributed by atoms with E-state index in [1.807, 2.05) is 25.5 Å². The van der Waals surface area contributed by atoms with E-state index in [1.165, 1.54) is 0 Å². The third-order valence-corrected chi connectivity index (χ3v) is 2.49. The van der Waals surface area contributed by atoms with Crippen LogP contribution in [0.15, 0.2) is 24.7 Å². The predicted octanol–water partition coefficient (Wildman–Crippen LogP) is 0.876. The summed E-state index contributed by atoms with van der Waals surface area (Å²) in [6.07, 6.45) is 5.48. The Balaban J connectivity index is 1.83. The summed E-state index contributed by atoms with van der Waals surface area (Å²) in [5.41, 5.74) is 2.12. The van der Waals surface area contributed by atoms with Gasteiger partial charge in [-0.3, -0.25) is 9.36 Å². The summed E-state index contributed by atoms with van der Waals surface area (Å²) >= 11 is 0. The molecule has 2 rings (SSSR count). The highest BCUT2D eigenvalue weighted by atomic mass is 19.1. The Morgan fingerprint density at radius 3 is 2.94 bits per heavy atom. The molecule has 17 heavy (non-hydrogen) atoms. The molecule has 92 valence electrons. The highest BCUT2D eigenvalue weighted by Crippen LogP contribution is 2.00. The van der Waals surface area contributed by atoms with E-state index in [2.05, 4.69) is 15.5 Å². The second-order valence-electron chi connectivity index (χ2n) is 3.86. The first-order valence-electron chi connectivity index (χ1n) is 5.54. The zero-order valence-corrected chi connectivity index (χ0v) is 9.80. The summed E-state index contributed by atoms with van der Waals surface area (Å²) < 4.78 is 15.7. The number of hydrogen-bond acceptors (Lipinski definition) is 3. The second-order valence-corrected chi connectivity index (χ2v) is 3.86. The molecule has 0 atom stereocenters. The molecule has 0 radical (unpaired) electrons. The molecule has 0 saturated carbocycles. The van der Waals surface area contributed by atoms with Crippen LogP contribution in [0.25, 0.3) is 0 Å². The summed E-state index contributed by atoms with van der Waals surface area (Å²) in [6, 6.07) is 1.89. The number of aryl methyl sites for hydroxylation is 2. The Bertz CT molecular complexity index is 462. The fourth-order valence-corrected chi connectivity index (χ4v) is 1.69. The molecular weight excluding hydrogens is 221 g/mol. The summed E-state index contributed by atoms with van der Waals surface area (Å²) in [5.74, 6) is 0. The van der Waals surface area contributed by atoms with Crippen molar-refractivity contribution in [1.29, 1.82) is 0 Å². The van der Waals surface area contributed by atoms with Gasteiger partial charge < -0.3 is 5.32 Å². The van der Waals surface area contributed by atoms with Crippen LogP contribution in [0.5, 0.6) is 0 Å². The summed E-state index contributed by atoms with van der Waals surface area (Å²) in [4.78, 5) is 0. The van der Waals surface area contributed by atoms with Crippen molar-refractivity contribution < 1.29 is 4.39 Å². The molecule has 0 fully saturated rings. The van der Waals surface area contributed by atoms with Crippen LogP contribution in [-0.4, -0.2) is 26.2 Å². The monoisotopic (exact) mass is 237 g/mol. The minimum atomic E-state index is -0.392. The van der Waals surface area contributed by atoms with Gasteiger partial charge in [-0.05, 0) is 6.07 Å². The van der Waals surface area contributed by atoms with Gasteiger partial charge in [0.05, 0.1) is 18.4 Å². The van der Waals surface area contributed by atoms with Crippen molar-refractivity contribution in [2.75, 3.05) is 6.67 Å². The zero-order chi connectivity index (χ0) is 12.1. The molecule has 5 nitrogen and oxygen atoms in total. The number of halogens is 1. The molecule has 1 N–H and O–H groups in total. The summed E-state index contributed by atoms with van der Waals surface area (Å²) in [6.45, 7) is 1.34. The third kappa shape index (κ3) is 3.13. The Morgan fingerprint density at radius 2 is 2.24 bits per heavy atom. The van der Waals surface area contributed by atoms with Crippen molar-refractivity contribution in [3.8, 4) is 0 Å². The molecule has 0 amide bonds. The number of nitrogens with zero attached hydrogens (tertiary/aromatic N) is 4. The van der Waals surface area contributed by atoms with Crippen molar-refractivity contribution in [3.05, 3.63) is 35.9 Å². The standard InChI is InChI=1S/C11H16FN5/c1-16-9-10(7-15-16)6-13-8-11-2-4-14-17(11)5-3-12/h2,4,7,9,13H,3,5-6,8H2,1H3. The molecule has 2 aromatic heterocycles. The molecular formula is C11H16FN5. The smallest absolute Gasteiger partial charge is 0.109 e. The Labute approximate surface area is 99.2 Å². The van der Waals surface area contributed by atoms with Crippen LogP contribution in [0.3, 0.4) is 0 Å². The largest absolute Gasteiger partial charge is 0.307 e. The normalized spacial score (nSPS) is 10.9. The van der Waals surface area contributed by atoms with E-state index >= 15 is 0 Å². The highest BCUT2D eigenvalue weighted by Gasteiger charge is 2.02. The molecule has 6 heteroatoms. The lowest BCUT2D eigenvalue weighted by atomic mass is 10.3. The molecule has 2 heterocycles. The Hall–Kier alpha value is -1.69. The maximum absolute atomic E-state index is 12.2. The van der Waals surface area contributed by atoms with Crippen LogP contribution in [-0.2, 0) is 26.7 Å². The van der Waals surface area contributed by atoms with Crippen molar-refractivity contribution >= 4 is 0 Å². The zero-order valence-electron chi connectivity index (χ0n) is 9.80. The quantitative estimate of drug-likeness (QED) is 0.811. The van der Waals surface area contributed by atoms with E-state index in [0.717, 1.165) is 17.8 Å². The summed E-state index contributed by atoms with van der Waals surface area (Å²) in [5, 5.41) is 11.4. The minimum Gasteiger partial charge on any atom is -0.307 e. The lowest BCUT2D eigenvalue weighted by Crippen LogP contribution is -2.16.